The molecule has 0 aliphatic carbocycles. The highest BCUT2D eigenvalue weighted by Gasteiger charge is 2.25. The van der Waals surface area contributed by atoms with Gasteiger partial charge >= 0.3 is 6.03 Å². The topological polar surface area (TPSA) is 78.1 Å². The van der Waals surface area contributed by atoms with Crippen molar-refractivity contribution in [3.63, 3.8) is 0 Å². The summed E-state index contributed by atoms with van der Waals surface area (Å²) in [5.74, 6) is 0.167. The molecule has 2 N–H and O–H groups in total. The number of nitrogens with one attached hydrogen (secondary N) is 2. The molecule has 0 spiro atoms. The summed E-state index contributed by atoms with van der Waals surface area (Å²) in [6.45, 7) is 0.646. The number of H-pyrrole nitrogens is 1. The van der Waals surface area contributed by atoms with Crippen LogP contribution >= 0.6 is 15.9 Å². The van der Waals surface area contributed by atoms with Crippen LogP contribution in [0.25, 0.3) is 0 Å². The van der Waals surface area contributed by atoms with Crippen LogP contribution in [-0.4, -0.2) is 27.4 Å². The summed E-state index contributed by atoms with van der Waals surface area (Å²) in [6, 6.07) is 13.3. The minimum Gasteiger partial charge on any atom is -0.320 e. The van der Waals surface area contributed by atoms with Gasteiger partial charge in [0, 0.05) is 23.9 Å². The highest BCUT2D eigenvalue weighted by atomic mass is 79.9. The number of hydrogen-bond donors (Lipinski definition) is 2. The molecule has 0 saturated carbocycles. The zero-order valence-corrected chi connectivity index (χ0v) is 17.0. The van der Waals surface area contributed by atoms with Gasteiger partial charge in [0.25, 0.3) is 5.56 Å². The van der Waals surface area contributed by atoms with Crippen LogP contribution in [0.15, 0.2) is 57.8 Å². The van der Waals surface area contributed by atoms with Gasteiger partial charge in [-0.1, -0.05) is 24.3 Å². The number of nitrogens with zero attached hydrogens (tertiary/aromatic N) is 2. The molecular weight excluding hydrogens is 439 g/mol. The average molecular weight is 457 g/mol. The van der Waals surface area contributed by atoms with Crippen molar-refractivity contribution in [1.82, 2.24) is 14.9 Å². The molecule has 1 aliphatic heterocycles. The first-order chi connectivity index (χ1) is 14.0. The Morgan fingerprint density at radius 2 is 2.07 bits per heavy atom. The molecule has 0 bridgehead atoms. The van der Waals surface area contributed by atoms with Gasteiger partial charge in [-0.15, -0.1) is 0 Å². The van der Waals surface area contributed by atoms with Crippen LogP contribution < -0.4 is 10.9 Å². The second-order valence-electron chi connectivity index (χ2n) is 6.83. The number of rotatable bonds is 3. The molecule has 2 aromatic carbocycles. The van der Waals surface area contributed by atoms with E-state index in [2.05, 4.69) is 31.2 Å². The number of para-hydroxylation sites is 1. The van der Waals surface area contributed by atoms with E-state index in [1.165, 1.54) is 12.1 Å². The standard InChI is InChI=1S/C21H18BrFN4O2/c22-16-6-1-2-7-18(16)25-21(29)27-9-8-17-15(12-27)20(28)26-19(24-17)11-13-4-3-5-14(23)10-13/h1-7,10H,8-9,11-12H2,(H,25,29)(H,24,26,28). The van der Waals surface area contributed by atoms with E-state index >= 15 is 0 Å². The van der Waals surface area contributed by atoms with Crippen LogP contribution in [0.2, 0.25) is 0 Å². The van der Waals surface area contributed by atoms with E-state index < -0.39 is 0 Å². The Kier molecular flexibility index (Phi) is 5.44. The third kappa shape index (κ3) is 4.37. The number of halogens is 2. The predicted molar refractivity (Wildman–Crippen MR) is 111 cm³/mol. The lowest BCUT2D eigenvalue weighted by Crippen LogP contribution is -2.42. The second-order valence-corrected chi connectivity index (χ2v) is 7.68. The van der Waals surface area contributed by atoms with Crippen molar-refractivity contribution in [2.75, 3.05) is 11.9 Å². The van der Waals surface area contributed by atoms with E-state index in [0.717, 1.165) is 10.0 Å². The van der Waals surface area contributed by atoms with Crippen LogP contribution in [0.1, 0.15) is 22.6 Å². The zero-order valence-electron chi connectivity index (χ0n) is 15.4. The molecule has 1 aromatic heterocycles. The SMILES string of the molecule is O=C(Nc1ccccc1Br)N1CCc2nc(Cc3cccc(F)c3)[nH]c(=O)c2C1. The summed E-state index contributed by atoms with van der Waals surface area (Å²) >= 11 is 3.40. The van der Waals surface area contributed by atoms with Gasteiger partial charge in [0.05, 0.1) is 23.5 Å². The zero-order chi connectivity index (χ0) is 20.4. The maximum absolute atomic E-state index is 13.4. The van der Waals surface area contributed by atoms with Crippen molar-refractivity contribution in [3.8, 4) is 0 Å². The summed E-state index contributed by atoms with van der Waals surface area (Å²) < 4.78 is 14.2. The number of fused-ring (bicyclic) bond motifs is 1. The largest absolute Gasteiger partial charge is 0.322 e. The summed E-state index contributed by atoms with van der Waals surface area (Å²) in [7, 11) is 0. The van der Waals surface area contributed by atoms with Gasteiger partial charge in [-0.2, -0.15) is 0 Å². The minimum atomic E-state index is -0.325. The molecule has 148 valence electrons. The maximum Gasteiger partial charge on any atom is 0.322 e. The molecule has 4 rings (SSSR count). The number of aromatic amines is 1. The highest BCUT2D eigenvalue weighted by Crippen LogP contribution is 2.22. The van der Waals surface area contributed by atoms with Gasteiger partial charge in [0.1, 0.15) is 11.6 Å². The molecule has 8 heteroatoms. The first-order valence-electron chi connectivity index (χ1n) is 9.15. The van der Waals surface area contributed by atoms with Crippen LogP contribution in [-0.2, 0) is 19.4 Å². The number of hydrogen-bond acceptors (Lipinski definition) is 3. The van der Waals surface area contributed by atoms with Gasteiger partial charge in [-0.25, -0.2) is 14.2 Å². The lowest BCUT2D eigenvalue weighted by atomic mass is 10.1. The molecule has 0 unspecified atom stereocenters. The third-order valence-electron chi connectivity index (χ3n) is 4.78. The smallest absolute Gasteiger partial charge is 0.320 e. The first-order valence-corrected chi connectivity index (χ1v) is 9.95. The van der Waals surface area contributed by atoms with Gasteiger partial charge in [-0.3, -0.25) is 4.79 Å². The van der Waals surface area contributed by atoms with E-state index in [4.69, 9.17) is 0 Å². The van der Waals surface area contributed by atoms with Crippen molar-refractivity contribution >= 4 is 27.6 Å². The van der Waals surface area contributed by atoms with Crippen molar-refractivity contribution in [1.29, 1.82) is 0 Å². The summed E-state index contributed by atoms with van der Waals surface area (Å²) in [6.07, 6.45) is 0.825. The Hall–Kier alpha value is -3.00. The van der Waals surface area contributed by atoms with E-state index in [1.54, 1.807) is 23.1 Å². The quantitative estimate of drug-likeness (QED) is 0.627. The highest BCUT2D eigenvalue weighted by molar-refractivity contribution is 9.10. The fraction of sp³-hybridized carbons (Fsp3) is 0.190. The maximum atomic E-state index is 13.4. The Balaban J connectivity index is 1.50. The van der Waals surface area contributed by atoms with Crippen molar-refractivity contribution in [2.45, 2.75) is 19.4 Å². The molecule has 6 nitrogen and oxygen atoms in total. The van der Waals surface area contributed by atoms with E-state index in [0.29, 0.717) is 42.2 Å². The number of carbonyl (C=O) groups is 1. The number of aromatic nitrogens is 2. The summed E-state index contributed by atoms with van der Waals surface area (Å²) in [5, 5.41) is 2.85. The number of benzene rings is 2. The molecule has 29 heavy (non-hydrogen) atoms. The monoisotopic (exact) mass is 456 g/mol. The number of carbonyl (C=O) groups excluding carboxylic acids is 1. The van der Waals surface area contributed by atoms with Crippen LogP contribution in [0.5, 0.6) is 0 Å². The van der Waals surface area contributed by atoms with Crippen LogP contribution in [0.3, 0.4) is 0 Å². The van der Waals surface area contributed by atoms with Gasteiger partial charge < -0.3 is 15.2 Å². The normalized spacial score (nSPS) is 13.1. The van der Waals surface area contributed by atoms with Gasteiger partial charge in [0.2, 0.25) is 0 Å². The molecule has 2 amide bonds. The lowest BCUT2D eigenvalue weighted by molar-refractivity contribution is 0.205. The Morgan fingerprint density at radius 3 is 2.86 bits per heavy atom. The fourth-order valence-electron chi connectivity index (χ4n) is 3.33. The molecule has 0 atom stereocenters. The lowest BCUT2D eigenvalue weighted by Gasteiger charge is -2.28. The van der Waals surface area contributed by atoms with Crippen LogP contribution in [0.4, 0.5) is 14.9 Å². The Bertz CT molecular complexity index is 1130. The molecule has 0 fully saturated rings. The third-order valence-corrected chi connectivity index (χ3v) is 5.47. The summed E-state index contributed by atoms with van der Waals surface area (Å²) in [5.41, 5.74) is 2.31. The van der Waals surface area contributed by atoms with Crippen LogP contribution in [0, 0.1) is 5.82 Å². The molecule has 3 aromatic rings. The Labute approximate surface area is 174 Å². The van der Waals surface area contributed by atoms with E-state index in [-0.39, 0.29) is 24.0 Å². The van der Waals surface area contributed by atoms with Crippen molar-refractivity contribution in [2.24, 2.45) is 0 Å². The fourth-order valence-corrected chi connectivity index (χ4v) is 3.71. The van der Waals surface area contributed by atoms with E-state index in [1.807, 2.05) is 18.2 Å². The van der Waals surface area contributed by atoms with Crippen molar-refractivity contribution < 1.29 is 9.18 Å². The van der Waals surface area contributed by atoms with Gasteiger partial charge in [-0.05, 0) is 45.8 Å². The van der Waals surface area contributed by atoms with Gasteiger partial charge in [0.15, 0.2) is 0 Å². The first kappa shape index (κ1) is 19.3. The predicted octanol–water partition coefficient (Wildman–Crippen LogP) is 3.85. The summed E-state index contributed by atoms with van der Waals surface area (Å²) in [4.78, 5) is 34.1. The Morgan fingerprint density at radius 1 is 1.24 bits per heavy atom. The molecule has 2 heterocycles. The molecule has 0 radical (unpaired) electrons. The molecular formula is C21H18BrFN4O2. The molecule has 0 saturated heterocycles. The average Bonchev–Trinajstić information content (AvgIpc) is 2.69. The number of urea groups is 1. The van der Waals surface area contributed by atoms with Crippen molar-refractivity contribution in [3.05, 3.63) is 91.8 Å². The second kappa shape index (κ2) is 8.16. The minimum absolute atomic E-state index is 0.189. The van der Waals surface area contributed by atoms with E-state index in [9.17, 15) is 14.0 Å². The number of anilines is 1. The number of amides is 2. The molecule has 1 aliphatic rings.